The molecule has 0 amide bonds. The Balaban J connectivity index is 2.56. The predicted molar refractivity (Wildman–Crippen MR) is 61.4 cm³/mol. The minimum atomic E-state index is -0.297. The first-order chi connectivity index (χ1) is 7.69. The highest BCUT2D eigenvalue weighted by atomic mass is 19.1. The van der Waals surface area contributed by atoms with Crippen molar-refractivity contribution in [2.45, 2.75) is 13.0 Å². The van der Waals surface area contributed by atoms with Gasteiger partial charge in [0.2, 0.25) is 0 Å². The molecule has 0 bridgehead atoms. The molecule has 3 nitrogen and oxygen atoms in total. The Morgan fingerprint density at radius 2 is 2.12 bits per heavy atom. The molecule has 0 saturated carbocycles. The molecule has 1 aromatic rings. The molecule has 1 unspecified atom stereocenters. The van der Waals surface area contributed by atoms with Crippen molar-refractivity contribution in [1.82, 2.24) is 5.32 Å². The maximum absolute atomic E-state index is 13.6. The zero-order valence-electron chi connectivity index (χ0n) is 9.92. The van der Waals surface area contributed by atoms with E-state index in [1.54, 1.807) is 32.2 Å². The van der Waals surface area contributed by atoms with Gasteiger partial charge in [0, 0.05) is 7.11 Å². The molecule has 0 saturated heterocycles. The van der Waals surface area contributed by atoms with Crippen LogP contribution >= 0.6 is 0 Å². The minimum absolute atomic E-state index is 0.0601. The molecule has 4 heteroatoms. The molecule has 0 aliphatic heterocycles. The summed E-state index contributed by atoms with van der Waals surface area (Å²) in [4.78, 5) is 0. The van der Waals surface area contributed by atoms with Crippen molar-refractivity contribution in [3.63, 3.8) is 0 Å². The summed E-state index contributed by atoms with van der Waals surface area (Å²) in [6.45, 7) is 2.63. The zero-order chi connectivity index (χ0) is 12.0. The van der Waals surface area contributed by atoms with Crippen LogP contribution in [0.1, 0.15) is 5.56 Å². The first-order valence-electron chi connectivity index (χ1n) is 5.23. The van der Waals surface area contributed by atoms with Gasteiger partial charge < -0.3 is 14.8 Å². The van der Waals surface area contributed by atoms with Gasteiger partial charge in [-0.2, -0.15) is 0 Å². The maximum Gasteiger partial charge on any atom is 0.167 e. The van der Waals surface area contributed by atoms with Crippen LogP contribution in [0, 0.1) is 12.7 Å². The first-order valence-corrected chi connectivity index (χ1v) is 5.23. The van der Waals surface area contributed by atoms with Crippen LogP contribution < -0.4 is 10.1 Å². The number of methoxy groups -OCH3 is 1. The summed E-state index contributed by atoms with van der Waals surface area (Å²) in [6, 6.07) is 5.18. The smallest absolute Gasteiger partial charge is 0.167 e. The Labute approximate surface area is 95.6 Å². The summed E-state index contributed by atoms with van der Waals surface area (Å²) in [5, 5.41) is 3.03. The Morgan fingerprint density at radius 3 is 2.75 bits per heavy atom. The van der Waals surface area contributed by atoms with Crippen molar-refractivity contribution in [3.8, 4) is 5.75 Å². The molecular weight excluding hydrogens is 209 g/mol. The summed E-state index contributed by atoms with van der Waals surface area (Å²) < 4.78 is 24.0. The van der Waals surface area contributed by atoms with Crippen molar-refractivity contribution in [2.24, 2.45) is 0 Å². The summed E-state index contributed by atoms with van der Waals surface area (Å²) in [5.41, 5.74) is 0.588. The van der Waals surface area contributed by atoms with E-state index in [1.165, 1.54) is 0 Å². The van der Waals surface area contributed by atoms with Gasteiger partial charge in [0.15, 0.2) is 11.6 Å². The van der Waals surface area contributed by atoms with E-state index in [2.05, 4.69) is 5.32 Å². The van der Waals surface area contributed by atoms with E-state index in [9.17, 15) is 4.39 Å². The lowest BCUT2D eigenvalue weighted by Crippen LogP contribution is -2.35. The number of hydrogen-bond acceptors (Lipinski definition) is 3. The third-order valence-electron chi connectivity index (χ3n) is 2.37. The standard InChI is InChI=1S/C12H18FNO2/c1-9-5-4-6-11(12(9)13)16-8-10(14-2)7-15-3/h4-6,10,14H,7-8H2,1-3H3. The molecule has 0 radical (unpaired) electrons. The van der Waals surface area contributed by atoms with Crippen LogP contribution in [-0.2, 0) is 4.74 Å². The second kappa shape index (κ2) is 6.45. The number of rotatable bonds is 6. The van der Waals surface area contributed by atoms with E-state index in [0.717, 1.165) is 0 Å². The minimum Gasteiger partial charge on any atom is -0.489 e. The first kappa shape index (κ1) is 12.9. The van der Waals surface area contributed by atoms with Crippen LogP contribution in [0.25, 0.3) is 0 Å². The summed E-state index contributed by atoms with van der Waals surface area (Å²) in [7, 11) is 3.44. The van der Waals surface area contributed by atoms with Crippen LogP contribution in [0.4, 0.5) is 4.39 Å². The van der Waals surface area contributed by atoms with Gasteiger partial charge in [-0.05, 0) is 25.6 Å². The highest BCUT2D eigenvalue weighted by Gasteiger charge is 2.10. The lowest BCUT2D eigenvalue weighted by molar-refractivity contribution is 0.138. The van der Waals surface area contributed by atoms with Crippen molar-refractivity contribution in [2.75, 3.05) is 27.4 Å². The van der Waals surface area contributed by atoms with Gasteiger partial charge in [0.05, 0.1) is 12.6 Å². The average molecular weight is 227 g/mol. The second-order valence-corrected chi connectivity index (χ2v) is 3.64. The number of ether oxygens (including phenoxy) is 2. The normalized spacial score (nSPS) is 12.5. The van der Waals surface area contributed by atoms with Crippen molar-refractivity contribution >= 4 is 0 Å². The van der Waals surface area contributed by atoms with E-state index in [-0.39, 0.29) is 17.6 Å². The van der Waals surface area contributed by atoms with Crippen molar-refractivity contribution in [3.05, 3.63) is 29.6 Å². The highest BCUT2D eigenvalue weighted by molar-refractivity contribution is 5.30. The molecule has 16 heavy (non-hydrogen) atoms. The lowest BCUT2D eigenvalue weighted by Gasteiger charge is -2.16. The molecule has 0 heterocycles. The van der Waals surface area contributed by atoms with Crippen LogP contribution in [0.15, 0.2) is 18.2 Å². The van der Waals surface area contributed by atoms with Gasteiger partial charge in [-0.25, -0.2) is 4.39 Å². The third-order valence-corrected chi connectivity index (χ3v) is 2.37. The number of nitrogens with one attached hydrogen (secondary N) is 1. The number of halogens is 1. The van der Waals surface area contributed by atoms with Gasteiger partial charge in [-0.3, -0.25) is 0 Å². The molecule has 90 valence electrons. The monoisotopic (exact) mass is 227 g/mol. The molecule has 1 atom stereocenters. The molecule has 1 rings (SSSR count). The Morgan fingerprint density at radius 1 is 1.38 bits per heavy atom. The van der Waals surface area contributed by atoms with Crippen molar-refractivity contribution < 1.29 is 13.9 Å². The number of aryl methyl sites for hydroxylation is 1. The number of hydrogen-bond donors (Lipinski definition) is 1. The van der Waals surface area contributed by atoms with E-state index < -0.39 is 0 Å². The van der Waals surface area contributed by atoms with Crippen LogP contribution in [0.5, 0.6) is 5.75 Å². The zero-order valence-corrected chi connectivity index (χ0v) is 9.92. The lowest BCUT2D eigenvalue weighted by atomic mass is 10.2. The number of benzene rings is 1. The van der Waals surface area contributed by atoms with Crippen molar-refractivity contribution in [1.29, 1.82) is 0 Å². The van der Waals surface area contributed by atoms with Crippen LogP contribution in [0.2, 0.25) is 0 Å². The van der Waals surface area contributed by atoms with E-state index >= 15 is 0 Å². The van der Waals surface area contributed by atoms with Gasteiger partial charge in [-0.15, -0.1) is 0 Å². The van der Waals surface area contributed by atoms with Crippen LogP contribution in [-0.4, -0.2) is 33.4 Å². The molecule has 0 aliphatic carbocycles. The molecule has 0 spiro atoms. The van der Waals surface area contributed by atoms with Gasteiger partial charge in [0.1, 0.15) is 6.61 Å². The van der Waals surface area contributed by atoms with Gasteiger partial charge in [0.25, 0.3) is 0 Å². The Hall–Kier alpha value is -1.13. The maximum atomic E-state index is 13.6. The molecule has 0 fully saturated rings. The topological polar surface area (TPSA) is 30.5 Å². The molecular formula is C12H18FNO2. The summed E-state index contributed by atoms with van der Waals surface area (Å²) in [6.07, 6.45) is 0. The third kappa shape index (κ3) is 3.47. The van der Waals surface area contributed by atoms with E-state index in [1.807, 2.05) is 7.05 Å². The fraction of sp³-hybridized carbons (Fsp3) is 0.500. The fourth-order valence-electron chi connectivity index (χ4n) is 1.34. The van der Waals surface area contributed by atoms with Gasteiger partial charge in [-0.1, -0.05) is 12.1 Å². The molecule has 0 aliphatic rings. The average Bonchev–Trinajstić information content (AvgIpc) is 2.29. The quantitative estimate of drug-likeness (QED) is 0.803. The fourth-order valence-corrected chi connectivity index (χ4v) is 1.34. The number of likely N-dealkylation sites (N-methyl/N-ethyl adjacent to an activating group) is 1. The molecule has 1 N–H and O–H groups in total. The SMILES string of the molecule is CNC(COC)COc1cccc(C)c1F. The Bertz CT molecular complexity index is 331. The largest absolute Gasteiger partial charge is 0.489 e. The predicted octanol–water partition coefficient (Wildman–Crippen LogP) is 1.75. The second-order valence-electron chi connectivity index (χ2n) is 3.64. The summed E-state index contributed by atoms with van der Waals surface area (Å²) in [5.74, 6) is -0.00822. The molecule has 1 aromatic carbocycles. The molecule has 0 aromatic heterocycles. The van der Waals surface area contributed by atoms with Crippen LogP contribution in [0.3, 0.4) is 0 Å². The van der Waals surface area contributed by atoms with E-state index in [4.69, 9.17) is 9.47 Å². The van der Waals surface area contributed by atoms with E-state index in [0.29, 0.717) is 18.8 Å². The van der Waals surface area contributed by atoms with Gasteiger partial charge >= 0.3 is 0 Å². The summed E-state index contributed by atoms with van der Waals surface area (Å²) >= 11 is 0. The highest BCUT2D eigenvalue weighted by Crippen LogP contribution is 2.19. The Kier molecular flexibility index (Phi) is 5.22.